The van der Waals surface area contributed by atoms with Gasteiger partial charge in [-0.3, -0.25) is 4.79 Å². The summed E-state index contributed by atoms with van der Waals surface area (Å²) in [5.41, 5.74) is 3.91. The lowest BCUT2D eigenvalue weighted by molar-refractivity contribution is -0.123. The van der Waals surface area contributed by atoms with Crippen LogP contribution in [0.2, 0.25) is 0 Å². The molecule has 0 aliphatic carbocycles. The third-order valence-electron chi connectivity index (χ3n) is 4.98. The summed E-state index contributed by atoms with van der Waals surface area (Å²) in [5.74, 6) is 0.635. The van der Waals surface area contributed by atoms with E-state index < -0.39 is 11.9 Å². The Morgan fingerprint density at radius 1 is 0.919 bits per heavy atom. The molecular formula is C26H24Br2N2O7. The van der Waals surface area contributed by atoms with E-state index in [0.29, 0.717) is 37.5 Å². The molecule has 9 nitrogen and oxygen atoms in total. The van der Waals surface area contributed by atoms with Gasteiger partial charge in [-0.15, -0.1) is 0 Å². The summed E-state index contributed by atoms with van der Waals surface area (Å²) in [6, 6.07) is 13.7. The molecule has 0 fully saturated rings. The van der Waals surface area contributed by atoms with E-state index in [1.165, 1.54) is 39.7 Å². The zero-order chi connectivity index (χ0) is 26.9. The van der Waals surface area contributed by atoms with Crippen molar-refractivity contribution < 1.29 is 33.3 Å². The number of halogens is 2. The fourth-order valence-electron chi connectivity index (χ4n) is 3.20. The van der Waals surface area contributed by atoms with Crippen LogP contribution in [-0.4, -0.2) is 46.0 Å². The van der Waals surface area contributed by atoms with Crippen molar-refractivity contribution in [3.8, 4) is 28.7 Å². The summed E-state index contributed by atoms with van der Waals surface area (Å²) in [7, 11) is 4.37. The lowest BCUT2D eigenvalue weighted by Crippen LogP contribution is -2.24. The number of benzene rings is 3. The molecule has 0 aliphatic rings. The number of esters is 1. The number of carbonyl (C=O) groups is 2. The molecule has 0 heterocycles. The standard InChI is InChI=1S/C26H24Br2N2O7/c1-15-7-5-6-8-20(15)36-14-23(31)30-29-13-17-9-18(27)12-19(28)24(17)37-26(32)16-10-21(33-2)25(35-4)22(11-16)34-3/h5-13H,14H2,1-4H3,(H,30,31). The van der Waals surface area contributed by atoms with E-state index in [9.17, 15) is 9.59 Å². The third kappa shape index (κ3) is 7.23. The minimum Gasteiger partial charge on any atom is -0.493 e. The summed E-state index contributed by atoms with van der Waals surface area (Å²) in [5, 5.41) is 3.98. The molecule has 0 aliphatic heterocycles. The van der Waals surface area contributed by atoms with Crippen LogP contribution in [0.1, 0.15) is 21.5 Å². The van der Waals surface area contributed by atoms with Crippen LogP contribution < -0.4 is 29.1 Å². The number of nitrogens with zero attached hydrogens (tertiary/aromatic N) is 1. The van der Waals surface area contributed by atoms with Crippen molar-refractivity contribution in [1.82, 2.24) is 5.43 Å². The first-order chi connectivity index (χ1) is 17.8. The molecule has 0 radical (unpaired) electrons. The van der Waals surface area contributed by atoms with Crippen LogP contribution in [0.25, 0.3) is 0 Å². The van der Waals surface area contributed by atoms with Crippen LogP contribution in [0.15, 0.2) is 62.6 Å². The van der Waals surface area contributed by atoms with Crippen molar-refractivity contribution >= 4 is 50.0 Å². The number of hydrogen-bond acceptors (Lipinski definition) is 8. The highest BCUT2D eigenvalue weighted by atomic mass is 79.9. The smallest absolute Gasteiger partial charge is 0.343 e. The molecular weight excluding hydrogens is 612 g/mol. The van der Waals surface area contributed by atoms with Gasteiger partial charge in [-0.2, -0.15) is 5.10 Å². The second-order valence-corrected chi connectivity index (χ2v) is 9.23. The largest absolute Gasteiger partial charge is 0.493 e. The Morgan fingerprint density at radius 3 is 2.22 bits per heavy atom. The topological polar surface area (TPSA) is 105 Å². The molecule has 1 amide bonds. The predicted octanol–water partition coefficient (Wildman–Crippen LogP) is 5.29. The molecule has 3 aromatic carbocycles. The van der Waals surface area contributed by atoms with E-state index in [-0.39, 0.29) is 17.9 Å². The molecule has 194 valence electrons. The minimum absolute atomic E-state index is 0.175. The second kappa shape index (κ2) is 13.1. The lowest BCUT2D eigenvalue weighted by Gasteiger charge is -2.15. The van der Waals surface area contributed by atoms with Crippen LogP contribution in [0.5, 0.6) is 28.7 Å². The number of aryl methyl sites for hydroxylation is 1. The summed E-state index contributed by atoms with van der Waals surface area (Å²) < 4.78 is 28.3. The fraction of sp³-hybridized carbons (Fsp3) is 0.192. The van der Waals surface area contributed by atoms with Crippen LogP contribution >= 0.6 is 31.9 Å². The van der Waals surface area contributed by atoms with Crippen LogP contribution in [0.3, 0.4) is 0 Å². The zero-order valence-electron chi connectivity index (χ0n) is 20.5. The second-order valence-electron chi connectivity index (χ2n) is 7.46. The van der Waals surface area contributed by atoms with Gasteiger partial charge < -0.3 is 23.7 Å². The first-order valence-corrected chi connectivity index (χ1v) is 12.4. The first-order valence-electron chi connectivity index (χ1n) is 10.8. The molecule has 37 heavy (non-hydrogen) atoms. The number of nitrogens with one attached hydrogen (secondary N) is 1. The van der Waals surface area contributed by atoms with Crippen LogP contribution in [0, 0.1) is 6.92 Å². The molecule has 0 spiro atoms. The highest BCUT2D eigenvalue weighted by molar-refractivity contribution is 9.11. The van der Waals surface area contributed by atoms with Crippen LogP contribution in [0.4, 0.5) is 0 Å². The number of carbonyl (C=O) groups excluding carboxylic acids is 2. The first kappa shape index (κ1) is 28.0. The fourth-order valence-corrected chi connectivity index (χ4v) is 4.54. The van der Waals surface area contributed by atoms with Gasteiger partial charge in [0, 0.05) is 10.0 Å². The SMILES string of the molecule is COc1cc(C(=O)Oc2c(Br)cc(Br)cc2C=NNC(=O)COc2ccccc2C)cc(OC)c1OC. The number of hydrogen-bond donors (Lipinski definition) is 1. The average Bonchev–Trinajstić information content (AvgIpc) is 2.88. The maximum atomic E-state index is 13.0. The van der Waals surface area contributed by atoms with Gasteiger partial charge in [0.2, 0.25) is 5.75 Å². The lowest BCUT2D eigenvalue weighted by atomic mass is 10.1. The van der Waals surface area contributed by atoms with E-state index in [2.05, 4.69) is 42.4 Å². The van der Waals surface area contributed by atoms with Crippen molar-refractivity contribution in [3.63, 3.8) is 0 Å². The van der Waals surface area contributed by atoms with Gasteiger partial charge in [-0.25, -0.2) is 10.2 Å². The van der Waals surface area contributed by atoms with Gasteiger partial charge >= 0.3 is 5.97 Å². The molecule has 3 aromatic rings. The summed E-state index contributed by atoms with van der Waals surface area (Å²) >= 11 is 6.81. The number of amides is 1. The zero-order valence-corrected chi connectivity index (χ0v) is 23.6. The van der Waals surface area contributed by atoms with Crippen molar-refractivity contribution in [1.29, 1.82) is 0 Å². The van der Waals surface area contributed by atoms with Crippen LogP contribution in [-0.2, 0) is 4.79 Å². The predicted molar refractivity (Wildman–Crippen MR) is 145 cm³/mol. The Morgan fingerprint density at radius 2 is 1.59 bits per heavy atom. The number of hydrazone groups is 1. The molecule has 0 bridgehead atoms. The van der Waals surface area contributed by atoms with Gasteiger partial charge in [-0.05, 0) is 58.7 Å². The third-order valence-corrected chi connectivity index (χ3v) is 6.02. The monoisotopic (exact) mass is 634 g/mol. The Balaban J connectivity index is 1.77. The number of rotatable bonds is 10. The van der Waals surface area contributed by atoms with Crippen molar-refractivity contribution in [3.05, 3.63) is 74.2 Å². The quantitative estimate of drug-likeness (QED) is 0.140. The minimum atomic E-state index is -0.674. The van der Waals surface area contributed by atoms with Gasteiger partial charge in [0.15, 0.2) is 23.9 Å². The number of methoxy groups -OCH3 is 3. The molecule has 0 aromatic heterocycles. The normalized spacial score (nSPS) is 10.6. The van der Waals surface area contributed by atoms with Crippen molar-refractivity contribution in [2.75, 3.05) is 27.9 Å². The van der Waals surface area contributed by atoms with E-state index in [1.807, 2.05) is 25.1 Å². The maximum Gasteiger partial charge on any atom is 0.343 e. The Bertz CT molecular complexity index is 1300. The van der Waals surface area contributed by atoms with E-state index in [0.717, 1.165) is 5.56 Å². The highest BCUT2D eigenvalue weighted by Gasteiger charge is 2.20. The summed E-state index contributed by atoms with van der Waals surface area (Å²) in [6.07, 6.45) is 1.36. The number of ether oxygens (including phenoxy) is 5. The molecule has 0 saturated carbocycles. The van der Waals surface area contributed by atoms with Crippen molar-refractivity contribution in [2.45, 2.75) is 6.92 Å². The van der Waals surface area contributed by atoms with Gasteiger partial charge in [0.1, 0.15) is 5.75 Å². The number of para-hydroxylation sites is 1. The van der Waals surface area contributed by atoms with Crippen molar-refractivity contribution in [2.24, 2.45) is 5.10 Å². The molecule has 0 saturated heterocycles. The van der Waals surface area contributed by atoms with E-state index >= 15 is 0 Å². The average molecular weight is 636 g/mol. The molecule has 0 atom stereocenters. The highest BCUT2D eigenvalue weighted by Crippen LogP contribution is 2.39. The summed E-state index contributed by atoms with van der Waals surface area (Å²) in [4.78, 5) is 25.2. The molecule has 0 unspecified atom stereocenters. The van der Waals surface area contributed by atoms with Gasteiger partial charge in [-0.1, -0.05) is 34.1 Å². The Kier molecular flexibility index (Phi) is 9.93. The Hall–Kier alpha value is -3.57. The maximum absolute atomic E-state index is 13.0. The molecule has 11 heteroatoms. The van der Waals surface area contributed by atoms with E-state index in [4.69, 9.17) is 23.7 Å². The summed E-state index contributed by atoms with van der Waals surface area (Å²) in [6.45, 7) is 1.67. The van der Waals surface area contributed by atoms with Gasteiger partial charge in [0.05, 0.1) is 37.6 Å². The van der Waals surface area contributed by atoms with Gasteiger partial charge in [0.25, 0.3) is 5.91 Å². The molecule has 1 N–H and O–H groups in total. The van der Waals surface area contributed by atoms with E-state index in [1.54, 1.807) is 18.2 Å². The Labute approximate surface area is 231 Å². The molecule has 3 rings (SSSR count).